The Morgan fingerprint density at radius 1 is 0.875 bits per heavy atom. The van der Waals surface area contributed by atoms with Crippen molar-refractivity contribution in [1.29, 1.82) is 0 Å². The van der Waals surface area contributed by atoms with E-state index in [1.54, 1.807) is 35.3 Å². The summed E-state index contributed by atoms with van der Waals surface area (Å²) >= 11 is 0. The van der Waals surface area contributed by atoms with Crippen molar-refractivity contribution in [3.05, 3.63) is 135 Å². The van der Waals surface area contributed by atoms with Crippen LogP contribution in [-0.2, 0) is 19.5 Å². The molecular formula is C27H25N3O2. The number of aromatic nitrogens is 2. The SMILES string of the molecule is Cc1cccc(CNC(=O)c2cncc(Cc3ccc(Cn4ccccc4=O)cc3)c2)c1. The lowest BCUT2D eigenvalue weighted by Crippen LogP contribution is -2.23. The van der Waals surface area contributed by atoms with Crippen LogP contribution < -0.4 is 10.9 Å². The van der Waals surface area contributed by atoms with Gasteiger partial charge in [0.25, 0.3) is 11.5 Å². The van der Waals surface area contributed by atoms with Crippen molar-refractivity contribution in [2.75, 3.05) is 0 Å². The van der Waals surface area contributed by atoms with Gasteiger partial charge in [-0.3, -0.25) is 14.6 Å². The molecule has 4 aromatic rings. The number of nitrogens with zero attached hydrogens (tertiary/aromatic N) is 2. The largest absolute Gasteiger partial charge is 0.348 e. The van der Waals surface area contributed by atoms with Crippen molar-refractivity contribution >= 4 is 5.91 Å². The number of pyridine rings is 2. The highest BCUT2D eigenvalue weighted by molar-refractivity contribution is 5.94. The number of nitrogens with one attached hydrogen (secondary N) is 1. The summed E-state index contributed by atoms with van der Waals surface area (Å²) in [7, 11) is 0. The van der Waals surface area contributed by atoms with Gasteiger partial charge in [0.15, 0.2) is 0 Å². The van der Waals surface area contributed by atoms with Crippen molar-refractivity contribution in [1.82, 2.24) is 14.9 Å². The van der Waals surface area contributed by atoms with E-state index in [9.17, 15) is 9.59 Å². The van der Waals surface area contributed by atoms with E-state index in [0.29, 0.717) is 25.1 Å². The third-order valence-electron chi connectivity index (χ3n) is 5.28. The Bertz CT molecular complexity index is 1280. The van der Waals surface area contributed by atoms with E-state index in [2.05, 4.69) is 16.4 Å². The van der Waals surface area contributed by atoms with Crippen molar-refractivity contribution in [2.45, 2.75) is 26.4 Å². The molecule has 2 heterocycles. The van der Waals surface area contributed by atoms with Crippen LogP contribution in [0.15, 0.2) is 96.2 Å². The predicted molar refractivity (Wildman–Crippen MR) is 126 cm³/mol. The highest BCUT2D eigenvalue weighted by atomic mass is 16.1. The number of amides is 1. The molecule has 5 nitrogen and oxygen atoms in total. The third kappa shape index (κ3) is 5.58. The van der Waals surface area contributed by atoms with E-state index in [4.69, 9.17) is 0 Å². The van der Waals surface area contributed by atoms with E-state index >= 15 is 0 Å². The van der Waals surface area contributed by atoms with Crippen molar-refractivity contribution < 1.29 is 4.79 Å². The number of benzene rings is 2. The Hall–Kier alpha value is -3.99. The van der Waals surface area contributed by atoms with Gasteiger partial charge in [-0.15, -0.1) is 0 Å². The first-order valence-electron chi connectivity index (χ1n) is 10.6. The zero-order valence-corrected chi connectivity index (χ0v) is 18.0. The third-order valence-corrected chi connectivity index (χ3v) is 5.28. The molecule has 1 N–H and O–H groups in total. The van der Waals surface area contributed by atoms with Gasteiger partial charge in [0.05, 0.1) is 12.1 Å². The van der Waals surface area contributed by atoms with Crippen molar-refractivity contribution in [2.24, 2.45) is 0 Å². The Morgan fingerprint density at radius 3 is 2.47 bits per heavy atom. The molecule has 0 aliphatic rings. The molecule has 0 bridgehead atoms. The molecule has 0 atom stereocenters. The minimum atomic E-state index is -0.135. The van der Waals surface area contributed by atoms with Gasteiger partial charge in [-0.2, -0.15) is 0 Å². The summed E-state index contributed by atoms with van der Waals surface area (Å²) in [5.74, 6) is -0.135. The maximum atomic E-state index is 12.6. The van der Waals surface area contributed by atoms with Crippen molar-refractivity contribution in [3.63, 3.8) is 0 Å². The van der Waals surface area contributed by atoms with Gasteiger partial charge in [0.1, 0.15) is 0 Å². The first kappa shape index (κ1) is 21.2. The molecule has 0 saturated heterocycles. The van der Waals surface area contributed by atoms with Crippen LogP contribution in [0.4, 0.5) is 0 Å². The van der Waals surface area contributed by atoms with Gasteiger partial charge in [-0.25, -0.2) is 0 Å². The van der Waals surface area contributed by atoms with Crippen LogP contribution >= 0.6 is 0 Å². The van der Waals surface area contributed by atoms with Crippen LogP contribution in [0.3, 0.4) is 0 Å². The normalized spacial score (nSPS) is 10.7. The fraction of sp³-hybridized carbons (Fsp3) is 0.148. The molecule has 0 aliphatic heterocycles. The standard InChI is InChI=1S/C27H25N3O2/c1-20-5-4-6-23(13-20)17-29-27(32)25-15-24(16-28-18-25)14-21-8-10-22(11-9-21)19-30-12-3-2-7-26(30)31/h2-13,15-16,18H,14,17,19H2,1H3,(H,29,32). The predicted octanol–water partition coefficient (Wildman–Crippen LogP) is 4.12. The van der Waals surface area contributed by atoms with Crippen LogP contribution in [0.25, 0.3) is 0 Å². The molecule has 0 unspecified atom stereocenters. The summed E-state index contributed by atoms with van der Waals surface area (Å²) in [5.41, 5.74) is 5.93. The molecule has 2 aromatic carbocycles. The summed E-state index contributed by atoms with van der Waals surface area (Å²) in [6.45, 7) is 3.06. The van der Waals surface area contributed by atoms with Crippen molar-refractivity contribution in [3.8, 4) is 0 Å². The molecule has 0 radical (unpaired) electrons. The van der Waals surface area contributed by atoms with Gasteiger partial charge < -0.3 is 9.88 Å². The van der Waals surface area contributed by atoms with Crippen LogP contribution in [-0.4, -0.2) is 15.5 Å². The van der Waals surface area contributed by atoms with Crippen LogP contribution in [0.2, 0.25) is 0 Å². The Labute approximate surface area is 187 Å². The number of aryl methyl sites for hydroxylation is 1. The molecule has 5 heteroatoms. The first-order chi connectivity index (χ1) is 15.6. The van der Waals surface area contributed by atoms with Crippen LogP contribution in [0, 0.1) is 6.92 Å². The Kier molecular flexibility index (Phi) is 6.56. The quantitative estimate of drug-likeness (QED) is 0.486. The number of rotatable bonds is 7. The van der Waals surface area contributed by atoms with E-state index in [1.165, 1.54) is 5.56 Å². The summed E-state index contributed by atoms with van der Waals surface area (Å²) in [4.78, 5) is 28.7. The van der Waals surface area contributed by atoms with Gasteiger partial charge >= 0.3 is 0 Å². The molecule has 0 aliphatic carbocycles. The molecule has 0 saturated carbocycles. The number of carbonyl (C=O) groups is 1. The summed E-state index contributed by atoms with van der Waals surface area (Å²) in [6.07, 6.45) is 5.85. The highest BCUT2D eigenvalue weighted by Gasteiger charge is 2.08. The van der Waals surface area contributed by atoms with E-state index in [0.717, 1.165) is 22.3 Å². The first-order valence-corrected chi connectivity index (χ1v) is 10.6. The lowest BCUT2D eigenvalue weighted by molar-refractivity contribution is 0.0950. The number of hydrogen-bond donors (Lipinski definition) is 1. The molecule has 2 aromatic heterocycles. The lowest BCUT2D eigenvalue weighted by Gasteiger charge is -2.09. The van der Waals surface area contributed by atoms with Gasteiger partial charge in [-0.1, -0.05) is 60.2 Å². The number of hydrogen-bond acceptors (Lipinski definition) is 3. The maximum Gasteiger partial charge on any atom is 0.253 e. The number of carbonyl (C=O) groups excluding carboxylic acids is 1. The second kappa shape index (κ2) is 9.88. The monoisotopic (exact) mass is 423 g/mol. The zero-order chi connectivity index (χ0) is 22.3. The van der Waals surface area contributed by atoms with Gasteiger partial charge in [0, 0.05) is 31.2 Å². The fourth-order valence-electron chi connectivity index (χ4n) is 3.60. The molecular weight excluding hydrogens is 398 g/mol. The summed E-state index contributed by atoms with van der Waals surface area (Å²) in [5, 5.41) is 2.96. The zero-order valence-electron chi connectivity index (χ0n) is 18.0. The second-order valence-electron chi connectivity index (χ2n) is 7.91. The van der Waals surface area contributed by atoms with Gasteiger partial charge in [0.2, 0.25) is 0 Å². The highest BCUT2D eigenvalue weighted by Crippen LogP contribution is 2.13. The molecule has 0 fully saturated rings. The second-order valence-corrected chi connectivity index (χ2v) is 7.91. The molecule has 4 rings (SSSR count). The van der Waals surface area contributed by atoms with E-state index < -0.39 is 0 Å². The maximum absolute atomic E-state index is 12.6. The topological polar surface area (TPSA) is 64.0 Å². The Morgan fingerprint density at radius 2 is 1.69 bits per heavy atom. The molecule has 32 heavy (non-hydrogen) atoms. The molecule has 1 amide bonds. The fourth-order valence-corrected chi connectivity index (χ4v) is 3.60. The summed E-state index contributed by atoms with van der Waals surface area (Å²) < 4.78 is 1.68. The van der Waals surface area contributed by atoms with Crippen LogP contribution in [0.5, 0.6) is 0 Å². The Balaban J connectivity index is 1.38. The minimum absolute atomic E-state index is 0.0138. The van der Waals surface area contributed by atoms with Gasteiger partial charge in [-0.05, 0) is 47.7 Å². The average Bonchev–Trinajstić information content (AvgIpc) is 2.80. The molecule has 160 valence electrons. The molecule has 0 spiro atoms. The summed E-state index contributed by atoms with van der Waals surface area (Å²) in [6, 6.07) is 23.3. The van der Waals surface area contributed by atoms with E-state index in [1.807, 2.05) is 61.5 Å². The van der Waals surface area contributed by atoms with Crippen LogP contribution in [0.1, 0.15) is 38.2 Å². The minimum Gasteiger partial charge on any atom is -0.348 e. The average molecular weight is 424 g/mol. The lowest BCUT2D eigenvalue weighted by atomic mass is 10.0. The van der Waals surface area contributed by atoms with E-state index in [-0.39, 0.29) is 11.5 Å². The smallest absolute Gasteiger partial charge is 0.253 e.